The molecule has 1 atom stereocenters. The summed E-state index contributed by atoms with van der Waals surface area (Å²) in [6.07, 6.45) is 5.67. The minimum Gasteiger partial charge on any atom is -0.495 e. The lowest BCUT2D eigenvalue weighted by Gasteiger charge is -2.32. The molecule has 2 fully saturated rings. The molecule has 0 radical (unpaired) electrons. The molecule has 1 saturated carbocycles. The van der Waals surface area contributed by atoms with Gasteiger partial charge in [0, 0.05) is 25.7 Å². The zero-order valence-corrected chi connectivity index (χ0v) is 20.0. The monoisotopic (exact) mass is 466 g/mol. The normalized spacial score (nSPS) is 19.4. The van der Waals surface area contributed by atoms with E-state index >= 15 is 0 Å². The van der Waals surface area contributed by atoms with Crippen LogP contribution in [0.25, 0.3) is 0 Å². The van der Waals surface area contributed by atoms with E-state index in [1.807, 2.05) is 13.8 Å². The van der Waals surface area contributed by atoms with Gasteiger partial charge < -0.3 is 14.4 Å². The van der Waals surface area contributed by atoms with Crippen molar-refractivity contribution in [2.45, 2.75) is 63.3 Å². The average molecular weight is 467 g/mol. The van der Waals surface area contributed by atoms with Gasteiger partial charge in [-0.05, 0) is 63.1 Å². The standard InChI is InChI=1S/C23H34N2O6S/c1-4-12-24(15-18-8-9-18)22(26)16-31-23(27)19-10-11-20(30-3)21(14-19)32(28,29)25-13-6-5-7-17(25)2/h10-11,14,17-18H,4-9,12-13,15-16H2,1-3H3. The van der Waals surface area contributed by atoms with Gasteiger partial charge in [0.15, 0.2) is 6.61 Å². The van der Waals surface area contributed by atoms with Crippen LogP contribution in [0.3, 0.4) is 0 Å². The van der Waals surface area contributed by atoms with Crippen molar-refractivity contribution < 1.29 is 27.5 Å². The third-order valence-electron chi connectivity index (χ3n) is 6.08. The number of hydrogen-bond donors (Lipinski definition) is 0. The number of ether oxygens (including phenoxy) is 2. The first kappa shape index (κ1) is 24.5. The summed E-state index contributed by atoms with van der Waals surface area (Å²) in [6.45, 7) is 5.29. The second-order valence-corrected chi connectivity index (χ2v) is 10.5. The molecular formula is C23H34N2O6S. The number of rotatable bonds is 10. The van der Waals surface area contributed by atoms with Crippen LogP contribution in [0, 0.1) is 5.92 Å². The maximum atomic E-state index is 13.3. The summed E-state index contributed by atoms with van der Waals surface area (Å²) in [7, 11) is -2.45. The highest BCUT2D eigenvalue weighted by Crippen LogP contribution is 2.32. The topological polar surface area (TPSA) is 93.2 Å². The first-order valence-electron chi connectivity index (χ1n) is 11.4. The lowest BCUT2D eigenvalue weighted by molar-refractivity contribution is -0.134. The van der Waals surface area contributed by atoms with Gasteiger partial charge in [-0.25, -0.2) is 13.2 Å². The van der Waals surface area contributed by atoms with Crippen molar-refractivity contribution in [3.8, 4) is 5.75 Å². The Morgan fingerprint density at radius 1 is 1.19 bits per heavy atom. The lowest BCUT2D eigenvalue weighted by Crippen LogP contribution is -2.42. The Labute approximate surface area is 190 Å². The molecule has 1 aromatic rings. The predicted molar refractivity (Wildman–Crippen MR) is 120 cm³/mol. The quantitative estimate of drug-likeness (QED) is 0.492. The molecule has 2 aliphatic rings. The molecule has 178 valence electrons. The molecule has 0 spiro atoms. The third-order valence-corrected chi connectivity index (χ3v) is 8.11. The summed E-state index contributed by atoms with van der Waals surface area (Å²) >= 11 is 0. The van der Waals surface area contributed by atoms with E-state index in [-0.39, 0.29) is 34.8 Å². The number of hydrogen-bond acceptors (Lipinski definition) is 6. The van der Waals surface area contributed by atoms with Gasteiger partial charge in [-0.3, -0.25) is 4.79 Å². The molecule has 1 aliphatic heterocycles. The SMILES string of the molecule is CCCN(CC1CC1)C(=O)COC(=O)c1ccc(OC)c(S(=O)(=O)N2CCCCC2C)c1. The van der Waals surface area contributed by atoms with E-state index in [4.69, 9.17) is 9.47 Å². The fourth-order valence-electron chi connectivity index (χ4n) is 4.06. The van der Waals surface area contributed by atoms with Gasteiger partial charge in [0.2, 0.25) is 10.0 Å². The van der Waals surface area contributed by atoms with E-state index in [9.17, 15) is 18.0 Å². The molecule has 0 N–H and O–H groups in total. The minimum atomic E-state index is -3.84. The van der Waals surface area contributed by atoms with Crippen LogP contribution in [-0.2, 0) is 19.6 Å². The van der Waals surface area contributed by atoms with Crippen LogP contribution in [0.4, 0.5) is 0 Å². The van der Waals surface area contributed by atoms with Crippen molar-refractivity contribution in [1.29, 1.82) is 0 Å². The molecular weight excluding hydrogens is 432 g/mol. The van der Waals surface area contributed by atoms with E-state index in [0.717, 1.165) is 38.5 Å². The molecule has 1 aromatic carbocycles. The van der Waals surface area contributed by atoms with Gasteiger partial charge in [-0.1, -0.05) is 13.3 Å². The van der Waals surface area contributed by atoms with Crippen LogP contribution in [-0.4, -0.2) is 68.9 Å². The van der Waals surface area contributed by atoms with Gasteiger partial charge in [0.1, 0.15) is 10.6 Å². The fraction of sp³-hybridized carbons (Fsp3) is 0.652. The number of amides is 1. The van der Waals surface area contributed by atoms with Gasteiger partial charge >= 0.3 is 5.97 Å². The summed E-state index contributed by atoms with van der Waals surface area (Å²) in [5.74, 6) is -0.232. The van der Waals surface area contributed by atoms with Crippen molar-refractivity contribution >= 4 is 21.9 Å². The highest BCUT2D eigenvalue weighted by Gasteiger charge is 2.34. The Balaban J connectivity index is 1.73. The molecule has 32 heavy (non-hydrogen) atoms. The van der Waals surface area contributed by atoms with Gasteiger partial charge in [-0.2, -0.15) is 4.31 Å². The zero-order chi connectivity index (χ0) is 23.3. The van der Waals surface area contributed by atoms with E-state index in [0.29, 0.717) is 25.6 Å². The number of nitrogens with zero attached hydrogens (tertiary/aromatic N) is 2. The first-order valence-corrected chi connectivity index (χ1v) is 12.9. The van der Waals surface area contributed by atoms with Crippen molar-refractivity contribution in [1.82, 2.24) is 9.21 Å². The molecule has 1 heterocycles. The van der Waals surface area contributed by atoms with Crippen LogP contribution < -0.4 is 4.74 Å². The summed E-state index contributed by atoms with van der Waals surface area (Å²) in [5, 5.41) is 0. The van der Waals surface area contributed by atoms with Gasteiger partial charge in [0.25, 0.3) is 5.91 Å². The number of piperidine rings is 1. The average Bonchev–Trinajstić information content (AvgIpc) is 3.60. The van der Waals surface area contributed by atoms with Crippen LogP contribution in [0.5, 0.6) is 5.75 Å². The molecule has 1 saturated heterocycles. The van der Waals surface area contributed by atoms with Crippen molar-refractivity contribution in [3.05, 3.63) is 23.8 Å². The van der Waals surface area contributed by atoms with Crippen molar-refractivity contribution in [2.24, 2.45) is 5.92 Å². The van der Waals surface area contributed by atoms with Crippen molar-refractivity contribution in [3.63, 3.8) is 0 Å². The Kier molecular flexibility index (Phi) is 8.16. The van der Waals surface area contributed by atoms with Crippen LogP contribution >= 0.6 is 0 Å². The van der Waals surface area contributed by atoms with Gasteiger partial charge in [-0.15, -0.1) is 0 Å². The van der Waals surface area contributed by atoms with Crippen molar-refractivity contribution in [2.75, 3.05) is 33.4 Å². The Bertz CT molecular complexity index is 928. The smallest absolute Gasteiger partial charge is 0.338 e. The maximum absolute atomic E-state index is 13.3. The number of methoxy groups -OCH3 is 1. The molecule has 0 bridgehead atoms. The van der Waals surface area contributed by atoms with E-state index in [1.54, 1.807) is 4.90 Å². The number of esters is 1. The summed E-state index contributed by atoms with van der Waals surface area (Å²) in [4.78, 5) is 26.9. The van der Waals surface area contributed by atoms with Gasteiger partial charge in [0.05, 0.1) is 12.7 Å². The predicted octanol–water partition coefficient (Wildman–Crippen LogP) is 3.06. The minimum absolute atomic E-state index is 0.0594. The Morgan fingerprint density at radius 3 is 2.56 bits per heavy atom. The highest BCUT2D eigenvalue weighted by atomic mass is 32.2. The maximum Gasteiger partial charge on any atom is 0.338 e. The fourth-order valence-corrected chi connectivity index (χ4v) is 5.94. The molecule has 1 unspecified atom stereocenters. The molecule has 0 aromatic heterocycles. The number of sulfonamides is 1. The lowest BCUT2D eigenvalue weighted by atomic mass is 10.1. The largest absolute Gasteiger partial charge is 0.495 e. The summed E-state index contributed by atoms with van der Waals surface area (Å²) in [5.41, 5.74) is 0.0751. The second-order valence-electron chi connectivity index (χ2n) is 8.69. The molecule has 1 aliphatic carbocycles. The second kappa shape index (κ2) is 10.7. The number of carbonyl (C=O) groups is 2. The summed E-state index contributed by atoms with van der Waals surface area (Å²) < 4.78 is 38.6. The van der Waals surface area contributed by atoms with Crippen LogP contribution in [0.15, 0.2) is 23.1 Å². The van der Waals surface area contributed by atoms with E-state index < -0.39 is 16.0 Å². The highest BCUT2D eigenvalue weighted by molar-refractivity contribution is 7.89. The Morgan fingerprint density at radius 2 is 1.94 bits per heavy atom. The third kappa shape index (κ3) is 5.81. The zero-order valence-electron chi connectivity index (χ0n) is 19.2. The Hall–Kier alpha value is -2.13. The summed E-state index contributed by atoms with van der Waals surface area (Å²) in [6, 6.07) is 4.08. The van der Waals surface area contributed by atoms with E-state index in [2.05, 4.69) is 0 Å². The van der Waals surface area contributed by atoms with E-state index in [1.165, 1.54) is 29.6 Å². The molecule has 8 nitrogen and oxygen atoms in total. The molecule has 9 heteroatoms. The first-order chi connectivity index (χ1) is 15.3. The van der Waals surface area contributed by atoms with Crippen LogP contribution in [0.1, 0.15) is 62.7 Å². The molecule has 3 rings (SSSR count). The number of benzene rings is 1. The number of carbonyl (C=O) groups excluding carboxylic acids is 2. The van der Waals surface area contributed by atoms with Crippen LogP contribution in [0.2, 0.25) is 0 Å². The molecule has 1 amide bonds.